The summed E-state index contributed by atoms with van der Waals surface area (Å²) in [6, 6.07) is 0.129. The van der Waals surface area contributed by atoms with Crippen molar-refractivity contribution in [2.75, 3.05) is 0 Å². The number of alkyl halides is 1. The van der Waals surface area contributed by atoms with Gasteiger partial charge < -0.3 is 4.57 Å². The molecule has 0 atom stereocenters. The van der Waals surface area contributed by atoms with Crippen molar-refractivity contribution in [1.82, 2.24) is 18.7 Å². The van der Waals surface area contributed by atoms with Gasteiger partial charge in [-0.25, -0.2) is 9.78 Å². The summed E-state index contributed by atoms with van der Waals surface area (Å²) in [4.78, 5) is 27.3. The van der Waals surface area contributed by atoms with Gasteiger partial charge in [0, 0.05) is 14.1 Å². The Bertz CT molecular complexity index is 636. The maximum atomic E-state index is 11.8. The molecule has 0 unspecified atom stereocenters. The summed E-state index contributed by atoms with van der Waals surface area (Å²) >= 11 is 5.65. The van der Waals surface area contributed by atoms with Crippen molar-refractivity contribution < 1.29 is 0 Å². The molecule has 0 bridgehead atoms. The Morgan fingerprint density at radius 2 is 2.00 bits per heavy atom. The van der Waals surface area contributed by atoms with E-state index in [1.807, 2.05) is 0 Å². The fourth-order valence-corrected chi connectivity index (χ4v) is 1.67. The molecular weight excluding hydrogens is 220 g/mol. The highest BCUT2D eigenvalue weighted by molar-refractivity contribution is 6.15. The van der Waals surface area contributed by atoms with Gasteiger partial charge in [-0.3, -0.25) is 13.9 Å². The normalized spacial score (nSPS) is 11.1. The van der Waals surface area contributed by atoms with Gasteiger partial charge in [0.05, 0.1) is 12.3 Å². The number of halogens is 1. The quantitative estimate of drug-likeness (QED) is 0.626. The average Bonchev–Trinajstić information content (AvgIpc) is 2.67. The van der Waals surface area contributed by atoms with Crippen LogP contribution < -0.4 is 11.2 Å². The summed E-state index contributed by atoms with van der Waals surface area (Å²) in [7, 11) is 2.99. The van der Waals surface area contributed by atoms with E-state index < -0.39 is 5.69 Å². The van der Waals surface area contributed by atoms with Crippen LogP contribution in [0.4, 0.5) is 0 Å². The minimum absolute atomic E-state index is 0.129. The van der Waals surface area contributed by atoms with Crippen LogP contribution in [-0.2, 0) is 20.1 Å². The first-order chi connectivity index (χ1) is 7.07. The van der Waals surface area contributed by atoms with Gasteiger partial charge in [-0.2, -0.15) is 0 Å². The molecular formula is C8H9ClN4O2. The molecule has 80 valence electrons. The number of hydrogen-bond acceptors (Lipinski definition) is 3. The largest absolute Gasteiger partial charge is 0.332 e. The van der Waals surface area contributed by atoms with Crippen LogP contribution in [0.1, 0.15) is 0 Å². The van der Waals surface area contributed by atoms with Gasteiger partial charge >= 0.3 is 5.69 Å². The zero-order valence-corrected chi connectivity index (χ0v) is 9.02. The highest BCUT2D eigenvalue weighted by Gasteiger charge is 2.13. The molecule has 2 heterocycles. The van der Waals surface area contributed by atoms with Crippen molar-refractivity contribution in [3.63, 3.8) is 0 Å². The lowest BCUT2D eigenvalue weighted by Gasteiger charge is -2.03. The Balaban J connectivity index is 3.11. The van der Waals surface area contributed by atoms with Crippen molar-refractivity contribution >= 4 is 22.8 Å². The molecule has 0 fully saturated rings. The third kappa shape index (κ3) is 1.21. The lowest BCUT2D eigenvalue weighted by Crippen LogP contribution is -2.37. The number of aromatic nitrogens is 4. The van der Waals surface area contributed by atoms with Crippen LogP contribution in [0.3, 0.4) is 0 Å². The van der Waals surface area contributed by atoms with Crippen molar-refractivity contribution in [3.05, 3.63) is 27.2 Å². The zero-order chi connectivity index (χ0) is 11.2. The standard InChI is InChI=1S/C8H9ClN4O2/c1-11-6-5(13(3-9)4-10-6)7(14)12(2)8(11)15/h4H,3H2,1-2H3. The van der Waals surface area contributed by atoms with Gasteiger partial charge in [-0.15, -0.1) is 11.6 Å². The van der Waals surface area contributed by atoms with E-state index in [1.54, 1.807) is 7.05 Å². The summed E-state index contributed by atoms with van der Waals surface area (Å²) in [5, 5.41) is 0. The number of imidazole rings is 1. The summed E-state index contributed by atoms with van der Waals surface area (Å²) in [6.07, 6.45) is 1.44. The molecule has 0 saturated carbocycles. The molecule has 0 N–H and O–H groups in total. The van der Waals surface area contributed by atoms with Crippen LogP contribution >= 0.6 is 11.6 Å². The second-order valence-electron chi connectivity index (χ2n) is 3.21. The Hall–Kier alpha value is -1.56. The Kier molecular flexibility index (Phi) is 2.15. The van der Waals surface area contributed by atoms with Gasteiger partial charge in [0.2, 0.25) is 0 Å². The van der Waals surface area contributed by atoms with Crippen LogP contribution in [0.2, 0.25) is 0 Å². The Morgan fingerprint density at radius 3 is 2.60 bits per heavy atom. The molecule has 0 radical (unpaired) electrons. The molecule has 0 aliphatic carbocycles. The van der Waals surface area contributed by atoms with Crippen LogP contribution in [0, 0.1) is 0 Å². The smallest absolute Gasteiger partial charge is 0.310 e. The fraction of sp³-hybridized carbons (Fsp3) is 0.375. The van der Waals surface area contributed by atoms with Crippen molar-refractivity contribution in [2.45, 2.75) is 6.00 Å². The second-order valence-corrected chi connectivity index (χ2v) is 3.45. The molecule has 7 heteroatoms. The molecule has 0 spiro atoms. The van der Waals surface area contributed by atoms with Crippen molar-refractivity contribution in [2.24, 2.45) is 14.1 Å². The van der Waals surface area contributed by atoms with Gasteiger partial charge in [-0.1, -0.05) is 0 Å². The molecule has 2 aromatic rings. The Labute approximate surface area is 89.3 Å². The van der Waals surface area contributed by atoms with E-state index in [2.05, 4.69) is 4.98 Å². The van der Waals surface area contributed by atoms with E-state index >= 15 is 0 Å². The molecule has 0 aromatic carbocycles. The van der Waals surface area contributed by atoms with Crippen LogP contribution in [0.25, 0.3) is 11.2 Å². The predicted molar refractivity (Wildman–Crippen MR) is 56.1 cm³/mol. The van der Waals surface area contributed by atoms with Crippen LogP contribution in [0.15, 0.2) is 15.9 Å². The van der Waals surface area contributed by atoms with Crippen LogP contribution in [-0.4, -0.2) is 18.7 Å². The van der Waals surface area contributed by atoms with Crippen LogP contribution in [0.5, 0.6) is 0 Å². The average molecular weight is 229 g/mol. The van der Waals surface area contributed by atoms with Crippen molar-refractivity contribution in [3.8, 4) is 0 Å². The number of aryl methyl sites for hydroxylation is 1. The lowest BCUT2D eigenvalue weighted by atomic mass is 10.5. The molecule has 0 aliphatic heterocycles. The topological polar surface area (TPSA) is 61.8 Å². The molecule has 2 rings (SSSR count). The minimum atomic E-state index is -0.396. The highest BCUT2D eigenvalue weighted by Crippen LogP contribution is 2.05. The predicted octanol–water partition coefficient (Wildman–Crippen LogP) is -0.370. The molecule has 2 aromatic heterocycles. The summed E-state index contributed by atoms with van der Waals surface area (Å²) in [5.74, 6) is 0. The molecule has 15 heavy (non-hydrogen) atoms. The molecule has 6 nitrogen and oxygen atoms in total. The first-order valence-corrected chi connectivity index (χ1v) is 4.78. The molecule has 0 amide bonds. The van der Waals surface area contributed by atoms with E-state index in [-0.39, 0.29) is 11.6 Å². The summed E-state index contributed by atoms with van der Waals surface area (Å²) < 4.78 is 3.85. The van der Waals surface area contributed by atoms with E-state index in [9.17, 15) is 9.59 Å². The number of fused-ring (bicyclic) bond motifs is 1. The third-order valence-electron chi connectivity index (χ3n) is 2.35. The first kappa shape index (κ1) is 9.97. The number of nitrogens with zero attached hydrogens (tertiary/aromatic N) is 4. The van der Waals surface area contributed by atoms with E-state index in [1.165, 1.54) is 22.5 Å². The third-order valence-corrected chi connectivity index (χ3v) is 2.60. The maximum absolute atomic E-state index is 11.8. The SMILES string of the molecule is Cn1c(=O)c2c(ncn2CCl)n(C)c1=O. The minimum Gasteiger partial charge on any atom is -0.310 e. The number of rotatable bonds is 1. The summed E-state index contributed by atoms with van der Waals surface area (Å²) in [5.41, 5.74) is -0.0862. The highest BCUT2D eigenvalue weighted by atomic mass is 35.5. The maximum Gasteiger partial charge on any atom is 0.332 e. The fourth-order valence-electron chi connectivity index (χ4n) is 1.49. The monoisotopic (exact) mass is 228 g/mol. The Morgan fingerprint density at radius 1 is 1.33 bits per heavy atom. The van der Waals surface area contributed by atoms with Crippen molar-refractivity contribution in [1.29, 1.82) is 0 Å². The van der Waals surface area contributed by atoms with Gasteiger partial charge in [-0.05, 0) is 0 Å². The van der Waals surface area contributed by atoms with Gasteiger partial charge in [0.15, 0.2) is 11.2 Å². The summed E-state index contributed by atoms with van der Waals surface area (Å²) in [6.45, 7) is 0. The lowest BCUT2D eigenvalue weighted by molar-refractivity contribution is 0.705. The van der Waals surface area contributed by atoms with E-state index in [0.29, 0.717) is 11.2 Å². The second kappa shape index (κ2) is 3.23. The first-order valence-electron chi connectivity index (χ1n) is 4.24. The molecule has 0 aliphatic rings. The molecule has 0 saturated heterocycles. The zero-order valence-electron chi connectivity index (χ0n) is 8.27. The van der Waals surface area contributed by atoms with E-state index in [4.69, 9.17) is 11.6 Å². The van der Waals surface area contributed by atoms with E-state index in [0.717, 1.165) is 4.57 Å². The van der Waals surface area contributed by atoms with Gasteiger partial charge in [0.1, 0.15) is 0 Å². The number of hydrogen-bond donors (Lipinski definition) is 0. The van der Waals surface area contributed by atoms with Gasteiger partial charge in [0.25, 0.3) is 5.56 Å².